The first-order chi connectivity index (χ1) is 10.8. The SMILES string of the molecule is C[C@@H]1[C@@H](c2ccc3ccccc3c2)CCN1c1ccccc1. The lowest BCUT2D eigenvalue weighted by Crippen LogP contribution is -2.29. The second-order valence-electron chi connectivity index (χ2n) is 6.27. The van der Waals surface area contributed by atoms with Crippen molar-refractivity contribution in [1.82, 2.24) is 0 Å². The van der Waals surface area contributed by atoms with Crippen LogP contribution in [0.3, 0.4) is 0 Å². The molecule has 1 heterocycles. The molecular formula is C21H21N. The maximum atomic E-state index is 2.54. The molecule has 110 valence electrons. The van der Waals surface area contributed by atoms with Crippen molar-refractivity contribution in [3.8, 4) is 0 Å². The van der Waals surface area contributed by atoms with E-state index in [2.05, 4.69) is 84.6 Å². The van der Waals surface area contributed by atoms with Gasteiger partial charge in [0.05, 0.1) is 0 Å². The average molecular weight is 287 g/mol. The Balaban J connectivity index is 1.65. The van der Waals surface area contributed by atoms with Gasteiger partial charge in [-0.1, -0.05) is 60.7 Å². The molecule has 0 spiro atoms. The van der Waals surface area contributed by atoms with Crippen LogP contribution in [0.25, 0.3) is 10.8 Å². The predicted octanol–water partition coefficient (Wildman–Crippen LogP) is 5.22. The van der Waals surface area contributed by atoms with Crippen molar-refractivity contribution >= 4 is 16.5 Å². The zero-order chi connectivity index (χ0) is 14.9. The lowest BCUT2D eigenvalue weighted by molar-refractivity contribution is 0.636. The van der Waals surface area contributed by atoms with Crippen molar-refractivity contribution < 1.29 is 0 Å². The van der Waals surface area contributed by atoms with Gasteiger partial charge < -0.3 is 4.90 Å². The Morgan fingerprint density at radius 3 is 2.36 bits per heavy atom. The van der Waals surface area contributed by atoms with Crippen molar-refractivity contribution in [2.45, 2.75) is 25.3 Å². The summed E-state index contributed by atoms with van der Waals surface area (Å²) in [7, 11) is 0. The highest BCUT2D eigenvalue weighted by molar-refractivity contribution is 5.83. The quantitative estimate of drug-likeness (QED) is 0.624. The number of fused-ring (bicyclic) bond motifs is 1. The summed E-state index contributed by atoms with van der Waals surface area (Å²) in [4.78, 5) is 2.54. The van der Waals surface area contributed by atoms with Gasteiger partial charge in [0.25, 0.3) is 0 Å². The number of rotatable bonds is 2. The van der Waals surface area contributed by atoms with Gasteiger partial charge in [-0.3, -0.25) is 0 Å². The zero-order valence-corrected chi connectivity index (χ0v) is 12.9. The number of benzene rings is 3. The third-order valence-corrected chi connectivity index (χ3v) is 5.04. The smallest absolute Gasteiger partial charge is 0.0368 e. The van der Waals surface area contributed by atoms with Crippen LogP contribution in [0.5, 0.6) is 0 Å². The summed E-state index contributed by atoms with van der Waals surface area (Å²) in [5.74, 6) is 0.616. The molecule has 1 fully saturated rings. The molecule has 1 aliphatic rings. The lowest BCUT2D eigenvalue weighted by atomic mass is 9.91. The lowest BCUT2D eigenvalue weighted by Gasteiger charge is -2.27. The fourth-order valence-corrected chi connectivity index (χ4v) is 3.81. The molecule has 1 saturated heterocycles. The highest BCUT2D eigenvalue weighted by Crippen LogP contribution is 2.37. The van der Waals surface area contributed by atoms with Crippen LogP contribution in [0.4, 0.5) is 5.69 Å². The zero-order valence-electron chi connectivity index (χ0n) is 12.9. The van der Waals surface area contributed by atoms with E-state index in [0.717, 1.165) is 6.54 Å². The topological polar surface area (TPSA) is 3.24 Å². The van der Waals surface area contributed by atoms with Crippen molar-refractivity contribution in [2.24, 2.45) is 0 Å². The molecule has 4 rings (SSSR count). The fourth-order valence-electron chi connectivity index (χ4n) is 3.81. The normalized spacial score (nSPS) is 21.4. The molecule has 22 heavy (non-hydrogen) atoms. The standard InChI is InChI=1S/C21H21N/c1-16-21(13-14-22(16)20-9-3-2-4-10-20)19-12-11-17-7-5-6-8-18(17)15-19/h2-12,15-16,21H,13-14H2,1H3/t16-,21+/m1/s1. The average Bonchev–Trinajstić information content (AvgIpc) is 2.97. The third-order valence-electron chi connectivity index (χ3n) is 5.04. The molecule has 0 unspecified atom stereocenters. The van der Waals surface area contributed by atoms with Crippen LogP contribution < -0.4 is 4.90 Å². The van der Waals surface area contributed by atoms with E-state index in [4.69, 9.17) is 0 Å². The van der Waals surface area contributed by atoms with Crippen molar-refractivity contribution in [2.75, 3.05) is 11.4 Å². The number of hydrogen-bond donors (Lipinski definition) is 0. The van der Waals surface area contributed by atoms with E-state index in [0.29, 0.717) is 12.0 Å². The van der Waals surface area contributed by atoms with Gasteiger partial charge in [-0.15, -0.1) is 0 Å². The van der Waals surface area contributed by atoms with Crippen LogP contribution in [0.2, 0.25) is 0 Å². The van der Waals surface area contributed by atoms with E-state index < -0.39 is 0 Å². The van der Waals surface area contributed by atoms with Crippen LogP contribution in [-0.2, 0) is 0 Å². The molecule has 0 aliphatic carbocycles. The van der Waals surface area contributed by atoms with Gasteiger partial charge in [0.2, 0.25) is 0 Å². The molecule has 1 aliphatic heterocycles. The highest BCUT2D eigenvalue weighted by Gasteiger charge is 2.31. The van der Waals surface area contributed by atoms with Crippen LogP contribution in [0.1, 0.15) is 24.8 Å². The van der Waals surface area contributed by atoms with E-state index in [1.165, 1.54) is 28.4 Å². The van der Waals surface area contributed by atoms with Crippen molar-refractivity contribution in [3.05, 3.63) is 78.4 Å². The Labute approximate surface area is 132 Å². The molecule has 0 radical (unpaired) electrons. The van der Waals surface area contributed by atoms with Crippen LogP contribution >= 0.6 is 0 Å². The minimum atomic E-state index is 0.545. The van der Waals surface area contributed by atoms with E-state index in [1.54, 1.807) is 0 Å². The summed E-state index contributed by atoms with van der Waals surface area (Å²) in [6.07, 6.45) is 1.23. The molecule has 2 atom stereocenters. The second-order valence-corrected chi connectivity index (χ2v) is 6.27. The second kappa shape index (κ2) is 5.49. The third kappa shape index (κ3) is 2.27. The van der Waals surface area contributed by atoms with Gasteiger partial charge in [-0.25, -0.2) is 0 Å². The van der Waals surface area contributed by atoms with Gasteiger partial charge in [0, 0.05) is 24.2 Å². The van der Waals surface area contributed by atoms with Crippen LogP contribution in [0.15, 0.2) is 72.8 Å². The number of nitrogens with zero attached hydrogens (tertiary/aromatic N) is 1. The minimum Gasteiger partial charge on any atom is -0.368 e. The first kappa shape index (κ1) is 13.4. The summed E-state index contributed by atoms with van der Waals surface area (Å²) in [5, 5.41) is 2.68. The summed E-state index contributed by atoms with van der Waals surface area (Å²) in [5.41, 5.74) is 2.82. The van der Waals surface area contributed by atoms with Gasteiger partial charge in [-0.05, 0) is 41.8 Å². The molecule has 3 aromatic rings. The number of para-hydroxylation sites is 1. The Hall–Kier alpha value is -2.28. The Bertz CT molecular complexity index is 778. The number of anilines is 1. The molecule has 1 heteroatoms. The summed E-state index contributed by atoms with van der Waals surface area (Å²) < 4.78 is 0. The summed E-state index contributed by atoms with van der Waals surface area (Å²) in [6.45, 7) is 3.50. The molecule has 0 N–H and O–H groups in total. The van der Waals surface area contributed by atoms with E-state index >= 15 is 0 Å². The molecule has 0 amide bonds. The molecule has 3 aromatic carbocycles. The van der Waals surface area contributed by atoms with Crippen molar-refractivity contribution in [1.29, 1.82) is 0 Å². The van der Waals surface area contributed by atoms with E-state index in [-0.39, 0.29) is 0 Å². The monoisotopic (exact) mass is 287 g/mol. The maximum Gasteiger partial charge on any atom is 0.0368 e. The van der Waals surface area contributed by atoms with E-state index in [1.807, 2.05) is 0 Å². The first-order valence-corrected chi connectivity index (χ1v) is 8.13. The van der Waals surface area contributed by atoms with Crippen molar-refractivity contribution in [3.63, 3.8) is 0 Å². The molecule has 1 nitrogen and oxygen atoms in total. The van der Waals surface area contributed by atoms with Gasteiger partial charge in [0.1, 0.15) is 0 Å². The highest BCUT2D eigenvalue weighted by atomic mass is 15.2. The summed E-state index contributed by atoms with van der Waals surface area (Å²) >= 11 is 0. The fraction of sp³-hybridized carbons (Fsp3) is 0.238. The molecular weight excluding hydrogens is 266 g/mol. The maximum absolute atomic E-state index is 2.54. The van der Waals surface area contributed by atoms with Crippen LogP contribution in [0, 0.1) is 0 Å². The number of hydrogen-bond acceptors (Lipinski definition) is 1. The molecule has 0 aromatic heterocycles. The van der Waals surface area contributed by atoms with E-state index in [9.17, 15) is 0 Å². The van der Waals surface area contributed by atoms with Gasteiger partial charge in [0.15, 0.2) is 0 Å². The molecule has 0 bridgehead atoms. The predicted molar refractivity (Wildman–Crippen MR) is 94.6 cm³/mol. The summed E-state index contributed by atoms with van der Waals surface area (Å²) in [6, 6.07) is 26.9. The first-order valence-electron chi connectivity index (χ1n) is 8.13. The van der Waals surface area contributed by atoms with Gasteiger partial charge in [-0.2, -0.15) is 0 Å². The Morgan fingerprint density at radius 2 is 1.55 bits per heavy atom. The Kier molecular flexibility index (Phi) is 3.34. The minimum absolute atomic E-state index is 0.545. The Morgan fingerprint density at radius 1 is 0.818 bits per heavy atom. The van der Waals surface area contributed by atoms with Crippen LogP contribution in [-0.4, -0.2) is 12.6 Å². The largest absolute Gasteiger partial charge is 0.368 e. The molecule has 0 saturated carbocycles. The van der Waals surface area contributed by atoms with Gasteiger partial charge >= 0.3 is 0 Å².